The summed E-state index contributed by atoms with van der Waals surface area (Å²) >= 11 is 7.14. The van der Waals surface area contributed by atoms with Gasteiger partial charge in [-0.1, -0.05) is 30.3 Å². The molecular formula is C22H26N4O2S2. The number of rotatable bonds is 5. The fourth-order valence-corrected chi connectivity index (χ4v) is 4.72. The molecule has 1 aromatic carbocycles. The first kappa shape index (κ1) is 22.0. The van der Waals surface area contributed by atoms with Gasteiger partial charge in [-0.15, -0.1) is 11.3 Å². The van der Waals surface area contributed by atoms with E-state index >= 15 is 0 Å². The van der Waals surface area contributed by atoms with Crippen LogP contribution in [-0.4, -0.2) is 39.9 Å². The fraction of sp³-hybridized carbons (Fsp3) is 0.318. The van der Waals surface area contributed by atoms with Crippen molar-refractivity contribution in [2.75, 3.05) is 19.5 Å². The third-order valence-electron chi connectivity index (χ3n) is 5.16. The Morgan fingerprint density at radius 3 is 2.50 bits per heavy atom. The zero-order valence-electron chi connectivity index (χ0n) is 18.1. The maximum Gasteiger partial charge on any atom is 0.341 e. The van der Waals surface area contributed by atoms with Gasteiger partial charge in [0, 0.05) is 42.3 Å². The van der Waals surface area contributed by atoms with Crippen molar-refractivity contribution < 1.29 is 9.53 Å². The minimum Gasteiger partial charge on any atom is -0.465 e. The zero-order valence-corrected chi connectivity index (χ0v) is 19.7. The lowest BCUT2D eigenvalue weighted by atomic mass is 10.0. The smallest absolute Gasteiger partial charge is 0.341 e. The van der Waals surface area contributed by atoms with Crippen LogP contribution in [0.15, 0.2) is 30.3 Å². The van der Waals surface area contributed by atoms with E-state index < -0.39 is 0 Å². The van der Waals surface area contributed by atoms with Crippen molar-refractivity contribution in [3.8, 4) is 11.1 Å². The number of carbonyl (C=O) groups is 1. The van der Waals surface area contributed by atoms with E-state index in [9.17, 15) is 4.79 Å². The summed E-state index contributed by atoms with van der Waals surface area (Å²) in [5.74, 6) is -0.384. The molecule has 0 saturated heterocycles. The summed E-state index contributed by atoms with van der Waals surface area (Å²) in [5.41, 5.74) is 5.59. The Hall–Kier alpha value is -2.71. The van der Waals surface area contributed by atoms with Crippen molar-refractivity contribution in [2.24, 2.45) is 7.05 Å². The Balaban J connectivity index is 1.90. The number of esters is 1. The topological polar surface area (TPSA) is 59.4 Å². The minimum atomic E-state index is -0.384. The van der Waals surface area contributed by atoms with E-state index in [2.05, 4.69) is 10.4 Å². The molecule has 0 saturated carbocycles. The summed E-state index contributed by atoms with van der Waals surface area (Å²) < 4.78 is 6.96. The van der Waals surface area contributed by atoms with Gasteiger partial charge in [0.15, 0.2) is 5.11 Å². The van der Waals surface area contributed by atoms with Gasteiger partial charge in [-0.2, -0.15) is 5.10 Å². The van der Waals surface area contributed by atoms with Gasteiger partial charge < -0.3 is 15.0 Å². The molecule has 1 N–H and O–H groups in total. The van der Waals surface area contributed by atoms with Crippen molar-refractivity contribution in [1.29, 1.82) is 0 Å². The molecule has 0 aliphatic heterocycles. The molecule has 2 heterocycles. The summed E-state index contributed by atoms with van der Waals surface area (Å²) in [6.45, 7) is 6.67. The lowest BCUT2D eigenvalue weighted by Crippen LogP contribution is -2.31. The molecule has 3 rings (SSSR count). The van der Waals surface area contributed by atoms with E-state index in [-0.39, 0.29) is 5.97 Å². The summed E-state index contributed by atoms with van der Waals surface area (Å²) in [5, 5.41) is 8.96. The number of thiophene rings is 1. The lowest BCUT2D eigenvalue weighted by molar-refractivity contribution is 0.0603. The highest BCUT2D eigenvalue weighted by Gasteiger charge is 2.25. The molecule has 0 atom stereocenters. The second kappa shape index (κ2) is 8.97. The Morgan fingerprint density at radius 1 is 1.27 bits per heavy atom. The number of hydrogen-bond acceptors (Lipinski definition) is 5. The largest absolute Gasteiger partial charge is 0.465 e. The van der Waals surface area contributed by atoms with E-state index in [1.165, 1.54) is 18.4 Å². The second-order valence-electron chi connectivity index (χ2n) is 7.15. The summed E-state index contributed by atoms with van der Waals surface area (Å²) in [4.78, 5) is 15.6. The van der Waals surface area contributed by atoms with Crippen LogP contribution in [0.1, 0.15) is 32.2 Å². The van der Waals surface area contributed by atoms with Crippen LogP contribution in [0.2, 0.25) is 0 Å². The predicted molar refractivity (Wildman–Crippen MR) is 126 cm³/mol. The first-order valence-corrected chi connectivity index (χ1v) is 10.7. The van der Waals surface area contributed by atoms with Crippen molar-refractivity contribution >= 4 is 39.6 Å². The second-order valence-corrected chi connectivity index (χ2v) is 8.77. The number of nitrogens with one attached hydrogen (secondary N) is 1. The van der Waals surface area contributed by atoms with Gasteiger partial charge >= 0.3 is 5.97 Å². The fourth-order valence-electron chi connectivity index (χ4n) is 3.43. The SMILES string of the molecule is COC(=O)c1c(NC(=S)N(C)Cc2c(C)nn(C)c2C)sc(C)c1-c1ccccc1. The molecule has 2 aromatic heterocycles. The first-order valence-electron chi connectivity index (χ1n) is 9.52. The molecule has 0 unspecified atom stereocenters. The number of methoxy groups -OCH3 is 1. The number of hydrogen-bond donors (Lipinski definition) is 1. The van der Waals surface area contributed by atoms with Crippen LogP contribution in [0, 0.1) is 20.8 Å². The average Bonchev–Trinajstić information content (AvgIpc) is 3.17. The van der Waals surface area contributed by atoms with E-state index in [0.29, 0.717) is 22.2 Å². The standard InChI is InChI=1S/C22H26N4O2S2/c1-13-17(14(2)26(5)24-13)12-25(4)22(29)23-20-19(21(27)28-6)18(15(3)30-20)16-10-8-7-9-11-16/h7-11H,12H2,1-6H3,(H,23,29). The van der Waals surface area contributed by atoms with Crippen LogP contribution in [0.4, 0.5) is 5.00 Å². The molecule has 6 nitrogen and oxygen atoms in total. The van der Waals surface area contributed by atoms with Crippen LogP contribution in [0.3, 0.4) is 0 Å². The Morgan fingerprint density at radius 2 is 1.93 bits per heavy atom. The maximum atomic E-state index is 12.7. The van der Waals surface area contributed by atoms with Crippen LogP contribution in [0.5, 0.6) is 0 Å². The summed E-state index contributed by atoms with van der Waals surface area (Å²) in [6.07, 6.45) is 0. The monoisotopic (exact) mass is 442 g/mol. The number of ether oxygens (including phenoxy) is 1. The molecule has 0 radical (unpaired) electrons. The van der Waals surface area contributed by atoms with Gasteiger partial charge in [-0.05, 0) is 38.6 Å². The average molecular weight is 443 g/mol. The molecule has 158 valence electrons. The molecule has 0 bridgehead atoms. The van der Waals surface area contributed by atoms with Gasteiger partial charge in [-0.25, -0.2) is 4.79 Å². The predicted octanol–water partition coefficient (Wildman–Crippen LogP) is 4.69. The van der Waals surface area contributed by atoms with E-state index in [1.54, 1.807) is 0 Å². The van der Waals surface area contributed by atoms with E-state index in [4.69, 9.17) is 17.0 Å². The highest BCUT2D eigenvalue weighted by Crippen LogP contribution is 2.40. The molecular weight excluding hydrogens is 416 g/mol. The van der Waals surface area contributed by atoms with E-state index in [1.807, 2.05) is 74.8 Å². The Kier molecular flexibility index (Phi) is 6.58. The molecule has 30 heavy (non-hydrogen) atoms. The highest BCUT2D eigenvalue weighted by atomic mass is 32.1. The molecule has 0 spiro atoms. The zero-order chi connectivity index (χ0) is 22.0. The number of thiocarbonyl (C=S) groups is 1. The minimum absolute atomic E-state index is 0.384. The summed E-state index contributed by atoms with van der Waals surface area (Å²) in [7, 11) is 5.26. The number of aromatic nitrogens is 2. The number of benzene rings is 1. The molecule has 0 fully saturated rings. The molecule has 0 aliphatic carbocycles. The maximum absolute atomic E-state index is 12.7. The number of anilines is 1. The van der Waals surface area contributed by atoms with Gasteiger partial charge in [0.1, 0.15) is 10.6 Å². The molecule has 3 aromatic rings. The third kappa shape index (κ3) is 4.24. The Labute approximate surface area is 186 Å². The quantitative estimate of drug-likeness (QED) is 0.457. The van der Waals surface area contributed by atoms with Crippen LogP contribution in [-0.2, 0) is 18.3 Å². The molecule has 8 heteroatoms. The van der Waals surface area contributed by atoms with E-state index in [0.717, 1.165) is 33.0 Å². The van der Waals surface area contributed by atoms with Gasteiger partial charge in [-0.3, -0.25) is 4.68 Å². The van der Waals surface area contributed by atoms with Crippen molar-refractivity contribution in [3.63, 3.8) is 0 Å². The Bertz CT molecular complexity index is 1090. The van der Waals surface area contributed by atoms with Gasteiger partial charge in [0.25, 0.3) is 0 Å². The third-order valence-corrected chi connectivity index (χ3v) is 6.59. The van der Waals surface area contributed by atoms with Crippen molar-refractivity contribution in [2.45, 2.75) is 27.3 Å². The normalized spacial score (nSPS) is 10.7. The van der Waals surface area contributed by atoms with Gasteiger partial charge in [0.05, 0.1) is 12.8 Å². The van der Waals surface area contributed by atoms with Crippen molar-refractivity contribution in [3.05, 3.63) is 57.7 Å². The summed E-state index contributed by atoms with van der Waals surface area (Å²) in [6, 6.07) is 9.84. The van der Waals surface area contributed by atoms with Crippen LogP contribution in [0.25, 0.3) is 11.1 Å². The number of nitrogens with zero attached hydrogens (tertiary/aromatic N) is 3. The van der Waals surface area contributed by atoms with Crippen LogP contribution < -0.4 is 5.32 Å². The molecule has 0 amide bonds. The van der Waals surface area contributed by atoms with Crippen LogP contribution >= 0.6 is 23.6 Å². The van der Waals surface area contributed by atoms with Crippen molar-refractivity contribution in [1.82, 2.24) is 14.7 Å². The highest BCUT2D eigenvalue weighted by molar-refractivity contribution is 7.80. The number of aryl methyl sites for hydroxylation is 3. The van der Waals surface area contributed by atoms with Gasteiger partial charge in [0.2, 0.25) is 0 Å². The number of carbonyl (C=O) groups excluding carboxylic acids is 1. The lowest BCUT2D eigenvalue weighted by Gasteiger charge is -2.21. The first-order chi connectivity index (χ1) is 14.2. The molecule has 0 aliphatic rings.